The Hall–Kier alpha value is -0.880. The summed E-state index contributed by atoms with van der Waals surface area (Å²) in [7, 11) is 0. The van der Waals surface area contributed by atoms with Crippen LogP contribution < -0.4 is 5.56 Å². The maximum absolute atomic E-state index is 11.5. The van der Waals surface area contributed by atoms with Crippen LogP contribution in [0.25, 0.3) is 5.69 Å². The first kappa shape index (κ1) is 10.6. The minimum absolute atomic E-state index is 0.194. The van der Waals surface area contributed by atoms with E-state index in [0.29, 0.717) is 10.8 Å². The summed E-state index contributed by atoms with van der Waals surface area (Å²) in [5.41, 5.74) is 0.517. The number of benzene rings is 1. The van der Waals surface area contributed by atoms with E-state index in [9.17, 15) is 4.79 Å². The molecule has 0 aliphatic carbocycles. The maximum Gasteiger partial charge on any atom is 0.271 e. The molecule has 0 bridgehead atoms. The second-order valence-corrected chi connectivity index (χ2v) is 4.52. The third-order valence-corrected chi connectivity index (χ3v) is 2.76. The lowest BCUT2D eigenvalue weighted by Gasteiger charge is -2.03. The second-order valence-electron chi connectivity index (χ2n) is 2.88. The van der Waals surface area contributed by atoms with Crippen LogP contribution in [-0.4, -0.2) is 9.78 Å². The van der Waals surface area contributed by atoms with Gasteiger partial charge in [-0.25, -0.2) is 0 Å². The zero-order valence-corrected chi connectivity index (χ0v) is 10.4. The fourth-order valence-electron chi connectivity index (χ4n) is 1.16. The molecular formula is C10H6ClIN2O. The van der Waals surface area contributed by atoms with Gasteiger partial charge in [0.1, 0.15) is 5.15 Å². The summed E-state index contributed by atoms with van der Waals surface area (Å²) in [6, 6.07) is 10.3. The van der Waals surface area contributed by atoms with Gasteiger partial charge >= 0.3 is 0 Å². The minimum Gasteiger partial charge on any atom is -0.267 e. The molecule has 0 radical (unpaired) electrons. The Bertz CT molecular complexity index is 536. The van der Waals surface area contributed by atoms with Crippen molar-refractivity contribution in [2.24, 2.45) is 0 Å². The van der Waals surface area contributed by atoms with Gasteiger partial charge in [-0.3, -0.25) is 4.79 Å². The zero-order chi connectivity index (χ0) is 10.8. The quantitative estimate of drug-likeness (QED) is 0.752. The van der Waals surface area contributed by atoms with E-state index in [1.54, 1.807) is 0 Å². The highest BCUT2D eigenvalue weighted by Gasteiger charge is 2.01. The highest BCUT2D eigenvalue weighted by atomic mass is 127. The topological polar surface area (TPSA) is 34.9 Å². The summed E-state index contributed by atoms with van der Waals surface area (Å²) in [6.07, 6.45) is 0. The molecule has 0 spiro atoms. The molecule has 1 aromatic carbocycles. The third-order valence-electron chi connectivity index (χ3n) is 1.84. The Morgan fingerprint density at radius 3 is 2.47 bits per heavy atom. The van der Waals surface area contributed by atoms with Crippen molar-refractivity contribution in [2.45, 2.75) is 0 Å². The van der Waals surface area contributed by atoms with Crippen LogP contribution in [0.15, 0.2) is 41.2 Å². The monoisotopic (exact) mass is 332 g/mol. The molecule has 0 amide bonds. The number of hydrogen-bond donors (Lipinski definition) is 0. The van der Waals surface area contributed by atoms with Crippen molar-refractivity contribution in [3.8, 4) is 5.69 Å². The van der Waals surface area contributed by atoms with Crippen molar-refractivity contribution in [1.29, 1.82) is 0 Å². The molecule has 5 heteroatoms. The largest absolute Gasteiger partial charge is 0.271 e. The van der Waals surface area contributed by atoms with Gasteiger partial charge in [-0.05, 0) is 52.9 Å². The molecular weight excluding hydrogens is 326 g/mol. The van der Waals surface area contributed by atoms with E-state index >= 15 is 0 Å². The molecule has 0 saturated heterocycles. The van der Waals surface area contributed by atoms with Gasteiger partial charge in [-0.2, -0.15) is 9.78 Å². The predicted molar refractivity (Wildman–Crippen MR) is 67.6 cm³/mol. The number of rotatable bonds is 1. The van der Waals surface area contributed by atoms with Crippen LogP contribution in [0.5, 0.6) is 0 Å². The molecule has 0 N–H and O–H groups in total. The Labute approximate surface area is 105 Å². The molecule has 0 unspecified atom stereocenters. The highest BCUT2D eigenvalue weighted by molar-refractivity contribution is 14.1. The molecule has 2 aromatic rings. The minimum atomic E-state index is -0.194. The molecule has 15 heavy (non-hydrogen) atoms. The summed E-state index contributed by atoms with van der Waals surface area (Å²) in [4.78, 5) is 11.5. The fourth-order valence-corrected chi connectivity index (χ4v) is 1.65. The molecule has 1 heterocycles. The van der Waals surface area contributed by atoms with E-state index in [1.807, 2.05) is 24.3 Å². The zero-order valence-electron chi connectivity index (χ0n) is 7.52. The number of aromatic nitrogens is 2. The Morgan fingerprint density at radius 2 is 1.80 bits per heavy atom. The van der Waals surface area contributed by atoms with E-state index in [-0.39, 0.29) is 5.56 Å². The Morgan fingerprint density at radius 1 is 1.13 bits per heavy atom. The Kier molecular flexibility index (Phi) is 3.06. The van der Waals surface area contributed by atoms with E-state index in [2.05, 4.69) is 27.7 Å². The van der Waals surface area contributed by atoms with E-state index in [4.69, 9.17) is 11.6 Å². The van der Waals surface area contributed by atoms with Crippen LogP contribution in [0.1, 0.15) is 0 Å². The average Bonchev–Trinajstić information content (AvgIpc) is 2.23. The Balaban J connectivity index is 2.58. The molecule has 0 aliphatic heterocycles. The summed E-state index contributed by atoms with van der Waals surface area (Å²) in [5.74, 6) is 0. The fraction of sp³-hybridized carbons (Fsp3) is 0. The van der Waals surface area contributed by atoms with Gasteiger partial charge in [-0.1, -0.05) is 11.6 Å². The number of halogens is 2. The van der Waals surface area contributed by atoms with Crippen LogP contribution in [0.2, 0.25) is 5.15 Å². The molecule has 3 nitrogen and oxygen atoms in total. The summed E-state index contributed by atoms with van der Waals surface area (Å²) < 4.78 is 2.38. The average molecular weight is 333 g/mol. The van der Waals surface area contributed by atoms with Crippen molar-refractivity contribution < 1.29 is 0 Å². The van der Waals surface area contributed by atoms with Crippen molar-refractivity contribution in [3.05, 3.63) is 55.5 Å². The normalized spacial score (nSPS) is 10.3. The van der Waals surface area contributed by atoms with Gasteiger partial charge in [0.05, 0.1) is 5.69 Å². The van der Waals surface area contributed by atoms with Crippen LogP contribution in [0.3, 0.4) is 0 Å². The molecule has 0 fully saturated rings. The van der Waals surface area contributed by atoms with Crippen molar-refractivity contribution >= 4 is 34.2 Å². The lowest BCUT2D eigenvalue weighted by Crippen LogP contribution is -2.19. The predicted octanol–water partition coefficient (Wildman–Crippen LogP) is 2.49. The number of nitrogens with zero attached hydrogens (tertiary/aromatic N) is 2. The van der Waals surface area contributed by atoms with Crippen LogP contribution in [0, 0.1) is 3.57 Å². The lowest BCUT2D eigenvalue weighted by atomic mass is 10.3. The van der Waals surface area contributed by atoms with Crippen LogP contribution in [-0.2, 0) is 0 Å². The maximum atomic E-state index is 11.5. The molecule has 2 rings (SSSR count). The first-order valence-electron chi connectivity index (χ1n) is 4.18. The van der Waals surface area contributed by atoms with Crippen LogP contribution in [0.4, 0.5) is 0 Å². The van der Waals surface area contributed by atoms with Crippen molar-refractivity contribution in [2.75, 3.05) is 0 Å². The summed E-state index contributed by atoms with van der Waals surface area (Å²) in [6.45, 7) is 0. The van der Waals surface area contributed by atoms with Crippen molar-refractivity contribution in [1.82, 2.24) is 9.78 Å². The van der Waals surface area contributed by atoms with E-state index in [1.165, 1.54) is 16.8 Å². The molecule has 0 atom stereocenters. The van der Waals surface area contributed by atoms with E-state index in [0.717, 1.165) is 3.57 Å². The SMILES string of the molecule is O=c1ccc(Cl)nn1-c1ccc(I)cc1. The molecule has 76 valence electrons. The molecule has 1 aromatic heterocycles. The first-order valence-corrected chi connectivity index (χ1v) is 5.64. The van der Waals surface area contributed by atoms with Crippen LogP contribution >= 0.6 is 34.2 Å². The highest BCUT2D eigenvalue weighted by Crippen LogP contribution is 2.09. The van der Waals surface area contributed by atoms with Gasteiger partial charge in [0.25, 0.3) is 5.56 Å². The number of hydrogen-bond acceptors (Lipinski definition) is 2. The van der Waals surface area contributed by atoms with Gasteiger partial charge in [0, 0.05) is 9.64 Å². The summed E-state index contributed by atoms with van der Waals surface area (Å²) in [5, 5.41) is 4.24. The van der Waals surface area contributed by atoms with Gasteiger partial charge in [0.2, 0.25) is 0 Å². The van der Waals surface area contributed by atoms with Gasteiger partial charge < -0.3 is 0 Å². The molecule has 0 aliphatic rings. The van der Waals surface area contributed by atoms with Gasteiger partial charge in [0.15, 0.2) is 0 Å². The standard InChI is InChI=1S/C10H6ClIN2O/c11-9-5-6-10(15)14(13-9)8-3-1-7(12)2-4-8/h1-6H. The summed E-state index contributed by atoms with van der Waals surface area (Å²) >= 11 is 7.92. The van der Waals surface area contributed by atoms with Gasteiger partial charge in [-0.15, -0.1) is 0 Å². The first-order chi connectivity index (χ1) is 7.16. The smallest absolute Gasteiger partial charge is 0.267 e. The lowest BCUT2D eigenvalue weighted by molar-refractivity contribution is 0.807. The third kappa shape index (κ3) is 2.38. The molecule has 0 saturated carbocycles. The van der Waals surface area contributed by atoms with Crippen molar-refractivity contribution in [3.63, 3.8) is 0 Å². The second kappa shape index (κ2) is 4.32. The van der Waals surface area contributed by atoms with E-state index < -0.39 is 0 Å².